The monoisotopic (exact) mass is 359 g/mol. The third kappa shape index (κ3) is 7.61. The zero-order chi connectivity index (χ0) is 18.6. The second kappa shape index (κ2) is 11.2. The van der Waals surface area contributed by atoms with Crippen LogP contribution in [0, 0.1) is 6.92 Å². The van der Waals surface area contributed by atoms with Gasteiger partial charge >= 0.3 is 0 Å². The van der Waals surface area contributed by atoms with E-state index >= 15 is 0 Å². The fourth-order valence-electron chi connectivity index (χ4n) is 2.38. The van der Waals surface area contributed by atoms with E-state index < -0.39 is 0 Å². The Balaban J connectivity index is 1.83. The van der Waals surface area contributed by atoms with Crippen molar-refractivity contribution in [3.63, 3.8) is 0 Å². The summed E-state index contributed by atoms with van der Waals surface area (Å²) in [5.41, 5.74) is 1.18. The number of methoxy groups -OCH3 is 1. The molecule has 2 rings (SSSR count). The second-order valence-electron chi connectivity index (χ2n) is 6.11. The van der Waals surface area contributed by atoms with E-state index in [1.165, 1.54) is 5.56 Å². The third-order valence-electron chi connectivity index (χ3n) is 3.68. The molecule has 2 aromatic rings. The molecule has 1 heterocycles. The van der Waals surface area contributed by atoms with Gasteiger partial charge in [0.2, 0.25) is 0 Å². The number of rotatable bonds is 10. The maximum Gasteiger partial charge on any atom is 0.191 e. The molecule has 0 saturated heterocycles. The first kappa shape index (κ1) is 19.8. The lowest BCUT2D eigenvalue weighted by Crippen LogP contribution is -2.40. The molecule has 0 aliphatic rings. The topological polar surface area (TPSA) is 68.0 Å². The molecular weight excluding hydrogens is 330 g/mol. The highest BCUT2D eigenvalue weighted by atomic mass is 16.5. The standard InChI is InChI=1S/C20H29N3O3/c1-16-6-4-7-19(14-16)26-17(2)15-23-20(22-11-13-24-3)21-10-9-18-8-5-12-25-18/h4-8,12,14,17H,9-11,13,15H2,1-3H3,(H2,21,22,23). The van der Waals surface area contributed by atoms with Crippen LogP contribution in [0.5, 0.6) is 5.75 Å². The first-order valence-corrected chi connectivity index (χ1v) is 8.94. The minimum Gasteiger partial charge on any atom is -0.489 e. The van der Waals surface area contributed by atoms with Crippen molar-refractivity contribution in [2.75, 3.05) is 33.4 Å². The van der Waals surface area contributed by atoms with Crippen molar-refractivity contribution < 1.29 is 13.9 Å². The van der Waals surface area contributed by atoms with Gasteiger partial charge in [0.15, 0.2) is 5.96 Å². The highest BCUT2D eigenvalue weighted by Crippen LogP contribution is 2.14. The van der Waals surface area contributed by atoms with Gasteiger partial charge in [-0.3, -0.25) is 0 Å². The van der Waals surface area contributed by atoms with Gasteiger partial charge in [-0.25, -0.2) is 4.99 Å². The molecule has 0 aliphatic carbocycles. The van der Waals surface area contributed by atoms with E-state index in [1.807, 2.05) is 37.3 Å². The number of aliphatic imine (C=N–C) groups is 1. The average molecular weight is 359 g/mol. The fourth-order valence-corrected chi connectivity index (χ4v) is 2.38. The van der Waals surface area contributed by atoms with Gasteiger partial charge in [-0.05, 0) is 43.7 Å². The molecule has 0 radical (unpaired) electrons. The van der Waals surface area contributed by atoms with Crippen LogP contribution in [0.25, 0.3) is 0 Å². The summed E-state index contributed by atoms with van der Waals surface area (Å²) >= 11 is 0. The van der Waals surface area contributed by atoms with Crippen molar-refractivity contribution in [3.8, 4) is 5.75 Å². The smallest absolute Gasteiger partial charge is 0.191 e. The van der Waals surface area contributed by atoms with Crippen LogP contribution in [0.3, 0.4) is 0 Å². The van der Waals surface area contributed by atoms with E-state index in [-0.39, 0.29) is 6.10 Å². The molecular formula is C20H29N3O3. The molecule has 1 atom stereocenters. The zero-order valence-electron chi connectivity index (χ0n) is 15.8. The van der Waals surface area contributed by atoms with Gasteiger partial charge in [0.25, 0.3) is 0 Å². The minimum absolute atomic E-state index is 0.0251. The summed E-state index contributed by atoms with van der Waals surface area (Å²) in [5.74, 6) is 2.56. The normalized spacial score (nSPS) is 12.7. The Hall–Kier alpha value is -2.47. The number of guanidine groups is 1. The molecule has 0 fully saturated rings. The average Bonchev–Trinajstić information content (AvgIpc) is 3.13. The molecule has 26 heavy (non-hydrogen) atoms. The van der Waals surface area contributed by atoms with Crippen LogP contribution in [0.4, 0.5) is 0 Å². The van der Waals surface area contributed by atoms with E-state index in [1.54, 1.807) is 13.4 Å². The van der Waals surface area contributed by atoms with Crippen LogP contribution in [0.1, 0.15) is 18.2 Å². The Bertz CT molecular complexity index is 656. The number of nitrogens with one attached hydrogen (secondary N) is 2. The van der Waals surface area contributed by atoms with Gasteiger partial charge in [-0.15, -0.1) is 0 Å². The lowest BCUT2D eigenvalue weighted by atomic mass is 10.2. The largest absolute Gasteiger partial charge is 0.489 e. The van der Waals surface area contributed by atoms with Crippen LogP contribution in [-0.4, -0.2) is 45.4 Å². The number of hydrogen-bond donors (Lipinski definition) is 2. The van der Waals surface area contributed by atoms with Crippen molar-refractivity contribution >= 4 is 5.96 Å². The Morgan fingerprint density at radius 1 is 1.19 bits per heavy atom. The predicted molar refractivity (Wildman–Crippen MR) is 104 cm³/mol. The van der Waals surface area contributed by atoms with Gasteiger partial charge in [0.1, 0.15) is 17.6 Å². The molecule has 0 spiro atoms. The number of benzene rings is 1. The Morgan fingerprint density at radius 3 is 2.77 bits per heavy atom. The number of aryl methyl sites for hydroxylation is 1. The highest BCUT2D eigenvalue weighted by Gasteiger charge is 2.05. The SMILES string of the molecule is COCCNC(=NCC(C)Oc1cccc(C)c1)NCCc1ccco1. The highest BCUT2D eigenvalue weighted by molar-refractivity contribution is 5.79. The number of hydrogen-bond acceptors (Lipinski definition) is 4. The maximum atomic E-state index is 5.93. The van der Waals surface area contributed by atoms with Gasteiger partial charge in [0.05, 0.1) is 19.4 Å². The summed E-state index contributed by atoms with van der Waals surface area (Å²) in [4.78, 5) is 4.62. The maximum absolute atomic E-state index is 5.93. The summed E-state index contributed by atoms with van der Waals surface area (Å²) in [6.07, 6.45) is 2.46. The summed E-state index contributed by atoms with van der Waals surface area (Å²) < 4.78 is 16.4. The number of nitrogens with zero attached hydrogens (tertiary/aromatic N) is 1. The van der Waals surface area contributed by atoms with Gasteiger partial charge in [-0.2, -0.15) is 0 Å². The van der Waals surface area contributed by atoms with Crippen molar-refractivity contribution in [1.82, 2.24) is 10.6 Å². The van der Waals surface area contributed by atoms with Crippen molar-refractivity contribution in [2.24, 2.45) is 4.99 Å². The van der Waals surface area contributed by atoms with Crippen LogP contribution in [0.15, 0.2) is 52.1 Å². The molecule has 0 aliphatic heterocycles. The van der Waals surface area contributed by atoms with E-state index in [9.17, 15) is 0 Å². The summed E-state index contributed by atoms with van der Waals surface area (Å²) in [5, 5.41) is 6.57. The molecule has 0 bridgehead atoms. The van der Waals surface area contributed by atoms with E-state index in [0.29, 0.717) is 19.7 Å². The summed E-state index contributed by atoms with van der Waals surface area (Å²) in [6, 6.07) is 11.9. The third-order valence-corrected chi connectivity index (χ3v) is 3.68. The van der Waals surface area contributed by atoms with Crippen LogP contribution in [0.2, 0.25) is 0 Å². The molecule has 1 unspecified atom stereocenters. The van der Waals surface area contributed by atoms with Crippen LogP contribution >= 0.6 is 0 Å². The van der Waals surface area contributed by atoms with E-state index in [4.69, 9.17) is 13.9 Å². The predicted octanol–water partition coefficient (Wildman–Crippen LogP) is 2.78. The van der Waals surface area contributed by atoms with E-state index in [0.717, 1.165) is 30.4 Å². The molecule has 1 aromatic heterocycles. The summed E-state index contributed by atoms with van der Waals surface area (Å²) in [7, 11) is 1.68. The van der Waals surface area contributed by atoms with Crippen molar-refractivity contribution in [1.29, 1.82) is 0 Å². The van der Waals surface area contributed by atoms with Gasteiger partial charge < -0.3 is 24.5 Å². The molecule has 2 N–H and O–H groups in total. The first-order chi connectivity index (χ1) is 12.7. The molecule has 0 saturated carbocycles. The minimum atomic E-state index is -0.0251. The Labute approximate surface area is 155 Å². The van der Waals surface area contributed by atoms with Crippen LogP contribution < -0.4 is 15.4 Å². The Kier molecular flexibility index (Phi) is 8.55. The first-order valence-electron chi connectivity index (χ1n) is 8.94. The molecule has 6 nitrogen and oxygen atoms in total. The summed E-state index contributed by atoms with van der Waals surface area (Å²) in [6.45, 7) is 6.67. The lowest BCUT2D eigenvalue weighted by molar-refractivity contribution is 0.203. The Morgan fingerprint density at radius 2 is 2.04 bits per heavy atom. The fraction of sp³-hybridized carbons (Fsp3) is 0.450. The molecule has 1 aromatic carbocycles. The quantitative estimate of drug-likeness (QED) is 0.388. The molecule has 142 valence electrons. The zero-order valence-corrected chi connectivity index (χ0v) is 15.8. The number of ether oxygens (including phenoxy) is 2. The number of furan rings is 1. The van der Waals surface area contributed by atoms with Crippen molar-refractivity contribution in [2.45, 2.75) is 26.4 Å². The molecule has 0 amide bonds. The molecule has 6 heteroatoms. The lowest BCUT2D eigenvalue weighted by Gasteiger charge is -2.16. The van der Waals surface area contributed by atoms with Crippen molar-refractivity contribution in [3.05, 3.63) is 54.0 Å². The second-order valence-corrected chi connectivity index (χ2v) is 6.11. The van der Waals surface area contributed by atoms with Crippen LogP contribution in [-0.2, 0) is 11.2 Å². The van der Waals surface area contributed by atoms with Gasteiger partial charge in [0, 0.05) is 26.6 Å². The van der Waals surface area contributed by atoms with Gasteiger partial charge in [-0.1, -0.05) is 12.1 Å². The van der Waals surface area contributed by atoms with E-state index in [2.05, 4.69) is 28.6 Å².